The summed E-state index contributed by atoms with van der Waals surface area (Å²) in [4.78, 5) is 27.8. The maximum absolute atomic E-state index is 16.5. The van der Waals surface area contributed by atoms with Crippen molar-refractivity contribution in [1.29, 1.82) is 5.26 Å². The van der Waals surface area contributed by atoms with Gasteiger partial charge in [0, 0.05) is 54.3 Å². The number of piperidine rings is 1. The van der Waals surface area contributed by atoms with E-state index >= 15 is 4.39 Å². The number of halogens is 3. The average molecular weight is 606 g/mol. The van der Waals surface area contributed by atoms with Gasteiger partial charge >= 0.3 is 0 Å². The number of amides is 1. The predicted octanol–water partition coefficient (Wildman–Crippen LogP) is 5.27. The molecule has 222 valence electrons. The summed E-state index contributed by atoms with van der Waals surface area (Å²) in [6.45, 7) is 5.36. The summed E-state index contributed by atoms with van der Waals surface area (Å²) in [6, 6.07) is 6.96. The van der Waals surface area contributed by atoms with Gasteiger partial charge in [-0.05, 0) is 57.3 Å². The third-order valence-electron chi connectivity index (χ3n) is 8.65. The largest absolute Gasteiger partial charge is 0.508 e. The standard InChI is InChI=1S/C31H30ClF2N7O2/c1-4-25(43)40-10-8-18(11-17(40)7-9-35)41-16-36-29-30(41)22-13-23(32)26(21-12-20(42)5-6-24(21)33)27(34)28(22)37-31(29)39-14-19(15-39)38(2)3/h4-6,12-13,16-19,42H,1,7-8,10-11,14-15H2,2-3H3. The first-order valence-corrected chi connectivity index (χ1v) is 14.4. The van der Waals surface area contributed by atoms with Gasteiger partial charge in [-0.1, -0.05) is 18.2 Å². The fraction of sp³-hybridized carbons (Fsp3) is 0.355. The summed E-state index contributed by atoms with van der Waals surface area (Å²) in [7, 11) is 4.00. The third kappa shape index (κ3) is 4.84. The van der Waals surface area contributed by atoms with Crippen LogP contribution in [0.2, 0.25) is 5.02 Å². The second kappa shape index (κ2) is 11.1. The normalized spacial score (nSPS) is 19.2. The minimum absolute atomic E-state index is 0.00698. The lowest BCUT2D eigenvalue weighted by Gasteiger charge is -2.43. The molecule has 1 N–H and O–H groups in total. The topological polar surface area (TPSA) is 102 Å². The highest BCUT2D eigenvalue weighted by molar-refractivity contribution is 6.34. The highest BCUT2D eigenvalue weighted by atomic mass is 35.5. The molecule has 2 unspecified atom stereocenters. The Bertz CT molecular complexity index is 1810. The summed E-state index contributed by atoms with van der Waals surface area (Å²) >= 11 is 6.65. The molecule has 1 amide bonds. The lowest BCUT2D eigenvalue weighted by atomic mass is 9.94. The van der Waals surface area contributed by atoms with Crippen molar-refractivity contribution in [3.05, 3.63) is 59.9 Å². The van der Waals surface area contributed by atoms with Gasteiger partial charge in [0.05, 0.1) is 29.4 Å². The minimum Gasteiger partial charge on any atom is -0.508 e. The van der Waals surface area contributed by atoms with Crippen LogP contribution in [0.15, 0.2) is 43.2 Å². The van der Waals surface area contributed by atoms with Crippen LogP contribution in [0.25, 0.3) is 33.1 Å². The van der Waals surface area contributed by atoms with Crippen molar-refractivity contribution in [2.24, 2.45) is 0 Å². The molecule has 2 fully saturated rings. The molecule has 0 spiro atoms. The third-order valence-corrected chi connectivity index (χ3v) is 8.95. The number of anilines is 1. The van der Waals surface area contributed by atoms with Crippen LogP contribution in [0.5, 0.6) is 5.75 Å². The molecule has 2 aliphatic heterocycles. The molecule has 2 aromatic carbocycles. The van der Waals surface area contributed by atoms with E-state index < -0.39 is 11.6 Å². The summed E-state index contributed by atoms with van der Waals surface area (Å²) < 4.78 is 33.4. The number of carbonyl (C=O) groups is 1. The Labute approximate surface area is 252 Å². The lowest BCUT2D eigenvalue weighted by Crippen LogP contribution is -2.57. The first-order valence-electron chi connectivity index (χ1n) is 14.0. The van der Waals surface area contributed by atoms with Gasteiger partial charge in [-0.2, -0.15) is 5.26 Å². The molecule has 12 heteroatoms. The van der Waals surface area contributed by atoms with Crippen LogP contribution in [-0.4, -0.2) is 81.2 Å². The zero-order chi connectivity index (χ0) is 30.6. The fourth-order valence-corrected chi connectivity index (χ4v) is 6.54. The molecule has 2 aliphatic rings. The molecule has 0 bridgehead atoms. The van der Waals surface area contributed by atoms with Crippen molar-refractivity contribution < 1.29 is 18.7 Å². The summed E-state index contributed by atoms with van der Waals surface area (Å²) in [5.74, 6) is -1.47. The Kier molecular flexibility index (Phi) is 7.44. The molecule has 4 heterocycles. The van der Waals surface area contributed by atoms with Crippen molar-refractivity contribution in [3.8, 4) is 22.9 Å². The number of carbonyl (C=O) groups excluding carboxylic acids is 1. The van der Waals surface area contributed by atoms with Crippen molar-refractivity contribution in [2.45, 2.75) is 37.4 Å². The molecular formula is C31H30ClF2N7O2. The molecule has 9 nitrogen and oxygen atoms in total. The molecule has 2 aromatic heterocycles. The van der Waals surface area contributed by atoms with Gasteiger partial charge in [0.15, 0.2) is 11.6 Å². The number of likely N-dealkylation sites (tertiary alicyclic amines) is 1. The highest BCUT2D eigenvalue weighted by Crippen LogP contribution is 2.43. The van der Waals surface area contributed by atoms with Gasteiger partial charge in [-0.3, -0.25) is 4.79 Å². The predicted molar refractivity (Wildman–Crippen MR) is 161 cm³/mol. The quantitative estimate of drug-likeness (QED) is 0.299. The second-order valence-electron chi connectivity index (χ2n) is 11.3. The molecule has 6 rings (SSSR count). The average Bonchev–Trinajstić information content (AvgIpc) is 3.40. The van der Waals surface area contributed by atoms with Gasteiger partial charge in [0.1, 0.15) is 22.6 Å². The van der Waals surface area contributed by atoms with Crippen molar-refractivity contribution in [3.63, 3.8) is 0 Å². The van der Waals surface area contributed by atoms with Crippen LogP contribution in [0.1, 0.15) is 25.3 Å². The molecule has 0 aliphatic carbocycles. The van der Waals surface area contributed by atoms with Crippen LogP contribution >= 0.6 is 11.6 Å². The van der Waals surface area contributed by atoms with Crippen LogP contribution in [-0.2, 0) is 4.79 Å². The van der Waals surface area contributed by atoms with Crippen LogP contribution in [0, 0.1) is 23.0 Å². The Balaban J connectivity index is 1.55. The smallest absolute Gasteiger partial charge is 0.246 e. The maximum Gasteiger partial charge on any atom is 0.246 e. The molecule has 0 radical (unpaired) electrons. The Hall–Kier alpha value is -4.27. The number of phenolic OH excluding ortho intramolecular Hbond substituents is 1. The van der Waals surface area contributed by atoms with E-state index in [1.165, 1.54) is 12.1 Å². The van der Waals surface area contributed by atoms with Gasteiger partial charge in [0.25, 0.3) is 0 Å². The highest BCUT2D eigenvalue weighted by Gasteiger charge is 2.35. The number of fused-ring (bicyclic) bond motifs is 3. The van der Waals surface area contributed by atoms with E-state index in [1.54, 1.807) is 17.3 Å². The molecule has 2 atom stereocenters. The first-order chi connectivity index (χ1) is 20.6. The molecule has 43 heavy (non-hydrogen) atoms. The Morgan fingerprint density at radius 3 is 2.74 bits per heavy atom. The summed E-state index contributed by atoms with van der Waals surface area (Å²) in [5, 5.41) is 19.9. The van der Waals surface area contributed by atoms with E-state index in [1.807, 2.05) is 23.6 Å². The number of likely N-dealkylation sites (N-methyl/N-ethyl adjacent to an activating group) is 1. The van der Waals surface area contributed by atoms with E-state index in [9.17, 15) is 19.6 Å². The van der Waals surface area contributed by atoms with E-state index in [-0.39, 0.29) is 51.8 Å². The van der Waals surface area contributed by atoms with Gasteiger partial charge in [-0.15, -0.1) is 0 Å². The fourth-order valence-electron chi connectivity index (χ4n) is 6.24. The van der Waals surface area contributed by atoms with Gasteiger partial charge in [0.2, 0.25) is 5.91 Å². The van der Waals surface area contributed by atoms with E-state index in [0.717, 1.165) is 12.1 Å². The number of hydrogen-bond acceptors (Lipinski definition) is 7. The monoisotopic (exact) mass is 605 g/mol. The number of nitrogens with zero attached hydrogens (tertiary/aromatic N) is 7. The zero-order valence-corrected chi connectivity index (χ0v) is 24.5. The van der Waals surface area contributed by atoms with E-state index in [4.69, 9.17) is 21.6 Å². The zero-order valence-electron chi connectivity index (χ0n) is 23.8. The van der Waals surface area contributed by atoms with Crippen LogP contribution < -0.4 is 4.90 Å². The first kappa shape index (κ1) is 28.8. The molecule has 2 saturated heterocycles. The minimum atomic E-state index is -0.804. The summed E-state index contributed by atoms with van der Waals surface area (Å²) in [5.41, 5.74) is 0.856. The second-order valence-corrected chi connectivity index (χ2v) is 11.8. The molecular weight excluding hydrogens is 576 g/mol. The number of aromatic nitrogens is 3. The van der Waals surface area contributed by atoms with Gasteiger partial charge < -0.3 is 24.4 Å². The molecule has 0 saturated carbocycles. The van der Waals surface area contributed by atoms with Crippen LogP contribution in [0.3, 0.4) is 0 Å². The molecule has 4 aromatic rings. The number of benzene rings is 2. The van der Waals surface area contributed by atoms with E-state index in [2.05, 4.69) is 17.5 Å². The maximum atomic E-state index is 16.5. The summed E-state index contributed by atoms with van der Waals surface area (Å²) in [6.07, 6.45) is 4.20. The Morgan fingerprint density at radius 2 is 2.05 bits per heavy atom. The van der Waals surface area contributed by atoms with Crippen molar-refractivity contribution in [2.75, 3.05) is 38.6 Å². The number of phenols is 1. The van der Waals surface area contributed by atoms with Gasteiger partial charge in [-0.25, -0.2) is 18.7 Å². The van der Waals surface area contributed by atoms with Crippen LogP contribution in [0.4, 0.5) is 14.6 Å². The number of pyridine rings is 1. The van der Waals surface area contributed by atoms with Crippen molar-refractivity contribution in [1.82, 2.24) is 24.3 Å². The van der Waals surface area contributed by atoms with Crippen molar-refractivity contribution >= 4 is 45.3 Å². The number of nitriles is 1. The lowest BCUT2D eigenvalue weighted by molar-refractivity contribution is -0.130. The number of aromatic hydroxyl groups is 1. The SMILES string of the molecule is C=CC(=O)N1CCC(n2cnc3c(N4CC(N(C)C)C4)nc4c(F)c(-c5cc(O)ccc5F)c(Cl)cc4c32)CC1CC#N. The number of imidazole rings is 1. The number of hydrogen-bond donors (Lipinski definition) is 1. The Morgan fingerprint density at radius 1 is 1.28 bits per heavy atom. The van der Waals surface area contributed by atoms with E-state index in [0.29, 0.717) is 60.8 Å². The number of rotatable bonds is 6.